The lowest BCUT2D eigenvalue weighted by atomic mass is 9.79. The van der Waals surface area contributed by atoms with Gasteiger partial charge in [-0.2, -0.15) is 0 Å². The summed E-state index contributed by atoms with van der Waals surface area (Å²) in [5.41, 5.74) is 2.69. The first kappa shape index (κ1) is 16.4. The Morgan fingerprint density at radius 1 is 1.35 bits per heavy atom. The zero-order chi connectivity index (χ0) is 16.4. The molecule has 0 fully saturated rings. The van der Waals surface area contributed by atoms with Gasteiger partial charge in [0.25, 0.3) is 0 Å². The van der Waals surface area contributed by atoms with E-state index >= 15 is 0 Å². The molecule has 1 aliphatic carbocycles. The summed E-state index contributed by atoms with van der Waals surface area (Å²) in [6.45, 7) is 3.38. The number of anilines is 1. The maximum Gasteiger partial charge on any atom is 0.185 e. The molecular formula is C18H25N3OS. The zero-order valence-electron chi connectivity index (χ0n) is 14.1. The standard InChI is InChI=1S/C18H25N3OS/c1-13-16(23-17(20-13)21(2)3)11-19-12-18(22)10-6-8-14-7-4-5-9-15(14)18/h4-5,7,9,19,22H,6,8,10-12H2,1-3H3. The highest BCUT2D eigenvalue weighted by Crippen LogP contribution is 2.35. The van der Waals surface area contributed by atoms with Gasteiger partial charge >= 0.3 is 0 Å². The van der Waals surface area contributed by atoms with E-state index in [0.717, 1.165) is 42.2 Å². The Labute approximate surface area is 142 Å². The molecule has 2 N–H and O–H groups in total. The van der Waals surface area contributed by atoms with Gasteiger partial charge in [-0.1, -0.05) is 24.3 Å². The van der Waals surface area contributed by atoms with Gasteiger partial charge in [-0.25, -0.2) is 4.98 Å². The molecule has 0 bridgehead atoms. The summed E-state index contributed by atoms with van der Waals surface area (Å²) in [4.78, 5) is 7.84. The van der Waals surface area contributed by atoms with Crippen molar-refractivity contribution < 1.29 is 5.11 Å². The third-order valence-corrected chi connectivity index (χ3v) is 5.85. The Morgan fingerprint density at radius 2 is 2.13 bits per heavy atom. The van der Waals surface area contributed by atoms with E-state index in [1.807, 2.05) is 32.0 Å². The Hall–Kier alpha value is -1.43. The fraction of sp³-hybridized carbons (Fsp3) is 0.500. The van der Waals surface area contributed by atoms with Crippen LogP contribution in [0.5, 0.6) is 0 Å². The van der Waals surface area contributed by atoms with E-state index in [4.69, 9.17) is 0 Å². The molecule has 1 aromatic heterocycles. The van der Waals surface area contributed by atoms with Crippen molar-refractivity contribution in [3.63, 3.8) is 0 Å². The van der Waals surface area contributed by atoms with E-state index in [-0.39, 0.29) is 0 Å². The van der Waals surface area contributed by atoms with Crippen molar-refractivity contribution in [2.24, 2.45) is 0 Å². The second-order valence-corrected chi connectivity index (χ2v) is 7.61. The number of rotatable bonds is 5. The van der Waals surface area contributed by atoms with Crippen LogP contribution in [0, 0.1) is 6.92 Å². The molecule has 1 heterocycles. The van der Waals surface area contributed by atoms with Crippen LogP contribution in [0.1, 0.15) is 34.5 Å². The van der Waals surface area contributed by atoms with Crippen molar-refractivity contribution >= 4 is 16.5 Å². The lowest BCUT2D eigenvalue weighted by Gasteiger charge is -2.34. The van der Waals surface area contributed by atoms with E-state index in [0.29, 0.717) is 6.54 Å². The summed E-state index contributed by atoms with van der Waals surface area (Å²) in [6, 6.07) is 8.28. The summed E-state index contributed by atoms with van der Waals surface area (Å²) in [5, 5.41) is 15.6. The molecule has 0 saturated heterocycles. The smallest absolute Gasteiger partial charge is 0.185 e. The summed E-state index contributed by atoms with van der Waals surface area (Å²) >= 11 is 1.71. The number of aryl methyl sites for hydroxylation is 2. The topological polar surface area (TPSA) is 48.4 Å². The number of hydrogen-bond acceptors (Lipinski definition) is 5. The maximum absolute atomic E-state index is 11.1. The van der Waals surface area contributed by atoms with Gasteiger partial charge in [0.05, 0.1) is 5.69 Å². The molecule has 1 aliphatic rings. The number of nitrogens with zero attached hydrogens (tertiary/aromatic N) is 2. The number of hydrogen-bond donors (Lipinski definition) is 2. The van der Waals surface area contributed by atoms with E-state index < -0.39 is 5.60 Å². The molecule has 1 aromatic carbocycles. The van der Waals surface area contributed by atoms with Gasteiger partial charge < -0.3 is 15.3 Å². The predicted molar refractivity (Wildman–Crippen MR) is 96.2 cm³/mol. The lowest BCUT2D eigenvalue weighted by molar-refractivity contribution is 0.0190. The van der Waals surface area contributed by atoms with Crippen LogP contribution in [0.25, 0.3) is 0 Å². The third kappa shape index (κ3) is 3.42. The fourth-order valence-corrected chi connectivity index (χ4v) is 4.19. The van der Waals surface area contributed by atoms with Gasteiger partial charge in [0.1, 0.15) is 5.60 Å². The minimum Gasteiger partial charge on any atom is -0.384 e. The van der Waals surface area contributed by atoms with Crippen molar-refractivity contribution in [2.75, 3.05) is 25.5 Å². The van der Waals surface area contributed by atoms with E-state index in [1.165, 1.54) is 10.4 Å². The number of fused-ring (bicyclic) bond motifs is 1. The van der Waals surface area contributed by atoms with Crippen LogP contribution in [0.3, 0.4) is 0 Å². The molecule has 3 rings (SSSR count). The van der Waals surface area contributed by atoms with Crippen LogP contribution in [0.4, 0.5) is 5.13 Å². The lowest BCUT2D eigenvalue weighted by Crippen LogP contribution is -2.40. The van der Waals surface area contributed by atoms with Crippen molar-refractivity contribution in [3.05, 3.63) is 46.0 Å². The summed E-state index contributed by atoms with van der Waals surface area (Å²) in [6.07, 6.45) is 2.93. The summed E-state index contributed by atoms with van der Waals surface area (Å²) in [5.74, 6) is 0. The van der Waals surface area contributed by atoms with Crippen molar-refractivity contribution in [1.82, 2.24) is 10.3 Å². The van der Waals surface area contributed by atoms with E-state index in [2.05, 4.69) is 28.5 Å². The van der Waals surface area contributed by atoms with Crippen LogP contribution in [0.15, 0.2) is 24.3 Å². The Kier molecular flexibility index (Phi) is 4.71. The highest BCUT2D eigenvalue weighted by Gasteiger charge is 2.33. The number of nitrogens with one attached hydrogen (secondary N) is 1. The summed E-state index contributed by atoms with van der Waals surface area (Å²) in [7, 11) is 4.02. The molecule has 0 amide bonds. The molecule has 1 atom stereocenters. The van der Waals surface area contributed by atoms with Gasteiger partial charge in [0, 0.05) is 32.1 Å². The van der Waals surface area contributed by atoms with E-state index in [1.54, 1.807) is 11.3 Å². The van der Waals surface area contributed by atoms with Crippen molar-refractivity contribution in [3.8, 4) is 0 Å². The number of aromatic nitrogens is 1. The predicted octanol–water partition coefficient (Wildman–Crippen LogP) is 2.83. The minimum atomic E-state index is -0.752. The second kappa shape index (κ2) is 6.59. The third-order valence-electron chi connectivity index (χ3n) is 4.52. The average Bonchev–Trinajstić information content (AvgIpc) is 2.89. The van der Waals surface area contributed by atoms with Crippen molar-refractivity contribution in [1.29, 1.82) is 0 Å². The number of aliphatic hydroxyl groups is 1. The first-order chi connectivity index (χ1) is 11.0. The number of benzene rings is 1. The van der Waals surface area contributed by atoms with Crippen LogP contribution >= 0.6 is 11.3 Å². The van der Waals surface area contributed by atoms with Crippen molar-refractivity contribution in [2.45, 2.75) is 38.3 Å². The Morgan fingerprint density at radius 3 is 2.87 bits per heavy atom. The normalized spacial score (nSPS) is 20.3. The van der Waals surface area contributed by atoms with Gasteiger partial charge in [0.2, 0.25) is 0 Å². The van der Waals surface area contributed by atoms with Crippen LogP contribution in [-0.2, 0) is 18.6 Å². The maximum atomic E-state index is 11.1. The average molecular weight is 331 g/mol. The molecule has 5 heteroatoms. The molecule has 4 nitrogen and oxygen atoms in total. The molecule has 0 saturated carbocycles. The molecule has 23 heavy (non-hydrogen) atoms. The van der Waals surface area contributed by atoms with Crippen LogP contribution in [0.2, 0.25) is 0 Å². The fourth-order valence-electron chi connectivity index (χ4n) is 3.23. The first-order valence-electron chi connectivity index (χ1n) is 8.15. The molecule has 1 unspecified atom stereocenters. The van der Waals surface area contributed by atoms with Crippen LogP contribution in [-0.4, -0.2) is 30.7 Å². The number of thiazole rings is 1. The zero-order valence-corrected chi connectivity index (χ0v) is 14.9. The monoisotopic (exact) mass is 331 g/mol. The Bertz CT molecular complexity index is 683. The first-order valence-corrected chi connectivity index (χ1v) is 8.96. The highest BCUT2D eigenvalue weighted by molar-refractivity contribution is 7.15. The molecule has 0 radical (unpaired) electrons. The SMILES string of the molecule is Cc1nc(N(C)C)sc1CNCC1(O)CCCc2ccccc21. The molecule has 0 spiro atoms. The molecule has 0 aliphatic heterocycles. The largest absolute Gasteiger partial charge is 0.384 e. The van der Waals surface area contributed by atoms with E-state index in [9.17, 15) is 5.11 Å². The van der Waals surface area contributed by atoms with Crippen LogP contribution < -0.4 is 10.2 Å². The molecule has 2 aromatic rings. The Balaban J connectivity index is 1.67. The molecular weight excluding hydrogens is 306 g/mol. The van der Waals surface area contributed by atoms with Gasteiger partial charge in [-0.3, -0.25) is 0 Å². The molecule has 124 valence electrons. The second-order valence-electron chi connectivity index (χ2n) is 6.55. The van der Waals surface area contributed by atoms with Gasteiger partial charge in [-0.05, 0) is 37.3 Å². The van der Waals surface area contributed by atoms with Gasteiger partial charge in [-0.15, -0.1) is 11.3 Å². The quantitative estimate of drug-likeness (QED) is 0.884. The minimum absolute atomic E-state index is 0.582. The highest BCUT2D eigenvalue weighted by atomic mass is 32.1. The van der Waals surface area contributed by atoms with Gasteiger partial charge in [0.15, 0.2) is 5.13 Å². The summed E-state index contributed by atoms with van der Waals surface area (Å²) < 4.78 is 0.